The number of hydrogen-bond acceptors (Lipinski definition) is 6. The number of para-hydroxylation sites is 1. The Kier molecular flexibility index (Phi) is 10.1. The highest BCUT2D eigenvalue weighted by molar-refractivity contribution is 5.86. The second-order valence-corrected chi connectivity index (χ2v) is 8.28. The first-order valence-electron chi connectivity index (χ1n) is 11.7. The van der Waals surface area contributed by atoms with Gasteiger partial charge in [-0.05, 0) is 25.0 Å². The molecule has 2 atom stereocenters. The molecule has 2 unspecified atom stereocenters. The zero-order valence-electron chi connectivity index (χ0n) is 20.5. The van der Waals surface area contributed by atoms with Crippen LogP contribution in [0.25, 0.3) is 10.9 Å². The van der Waals surface area contributed by atoms with Gasteiger partial charge in [0.05, 0.1) is 7.11 Å². The van der Waals surface area contributed by atoms with E-state index in [-0.39, 0.29) is 18.6 Å². The standard InChI is InChI=1S/C27H32N4O5/c1-19(30-27(34)36-18-21-16-29-24-12-7-6-11-23(21)24)26(33)31-22(15-20-9-4-3-5-10-20)17-28-14-8-13-25(32)35-2/h3-13,16,19,22,28-29H,14-15,17-18H2,1-2H3,(H,30,34)(H,31,33). The van der Waals surface area contributed by atoms with Crippen LogP contribution in [0, 0.1) is 0 Å². The summed E-state index contributed by atoms with van der Waals surface area (Å²) < 4.78 is 9.90. The molecule has 3 rings (SSSR count). The van der Waals surface area contributed by atoms with E-state index in [4.69, 9.17) is 4.74 Å². The van der Waals surface area contributed by atoms with E-state index in [1.165, 1.54) is 13.2 Å². The predicted molar refractivity (Wildman–Crippen MR) is 137 cm³/mol. The molecule has 190 valence electrons. The van der Waals surface area contributed by atoms with Gasteiger partial charge in [0, 0.05) is 47.9 Å². The van der Waals surface area contributed by atoms with Gasteiger partial charge < -0.3 is 30.4 Å². The molecule has 0 aliphatic rings. The van der Waals surface area contributed by atoms with Gasteiger partial charge in [0.25, 0.3) is 0 Å². The van der Waals surface area contributed by atoms with E-state index in [0.717, 1.165) is 22.0 Å². The molecule has 1 heterocycles. The van der Waals surface area contributed by atoms with Crippen molar-refractivity contribution < 1.29 is 23.9 Å². The number of nitrogens with one attached hydrogen (secondary N) is 4. The van der Waals surface area contributed by atoms with Crippen LogP contribution in [-0.2, 0) is 32.1 Å². The minimum absolute atomic E-state index is 0.0871. The van der Waals surface area contributed by atoms with Crippen molar-refractivity contribution >= 4 is 28.9 Å². The molecule has 4 N–H and O–H groups in total. The number of esters is 1. The lowest BCUT2D eigenvalue weighted by Gasteiger charge is -2.22. The molecule has 0 fully saturated rings. The molecule has 0 aliphatic heterocycles. The summed E-state index contributed by atoms with van der Waals surface area (Å²) in [5.74, 6) is -0.755. The van der Waals surface area contributed by atoms with Gasteiger partial charge in [-0.1, -0.05) is 54.6 Å². The van der Waals surface area contributed by atoms with E-state index in [0.29, 0.717) is 19.5 Å². The van der Waals surface area contributed by atoms with Crippen molar-refractivity contribution in [2.75, 3.05) is 20.2 Å². The summed E-state index contributed by atoms with van der Waals surface area (Å²) in [6.07, 6.45) is 4.72. The van der Waals surface area contributed by atoms with E-state index >= 15 is 0 Å². The Labute approximate surface area is 210 Å². The van der Waals surface area contributed by atoms with Gasteiger partial charge >= 0.3 is 12.1 Å². The zero-order chi connectivity index (χ0) is 25.8. The SMILES string of the molecule is COC(=O)C=CCNCC(Cc1ccccc1)NC(=O)C(C)NC(=O)OCc1c[nH]c2ccccc12. The molecular weight excluding hydrogens is 460 g/mol. The minimum Gasteiger partial charge on any atom is -0.466 e. The number of benzene rings is 2. The molecule has 2 aromatic carbocycles. The summed E-state index contributed by atoms with van der Waals surface area (Å²) in [6.45, 7) is 2.59. The Balaban J connectivity index is 1.50. The molecule has 36 heavy (non-hydrogen) atoms. The van der Waals surface area contributed by atoms with Gasteiger partial charge in [-0.2, -0.15) is 0 Å². The van der Waals surface area contributed by atoms with Crippen molar-refractivity contribution in [1.29, 1.82) is 0 Å². The fraction of sp³-hybridized carbons (Fsp3) is 0.296. The third-order valence-corrected chi connectivity index (χ3v) is 5.54. The second-order valence-electron chi connectivity index (χ2n) is 8.28. The van der Waals surface area contributed by atoms with E-state index < -0.39 is 18.1 Å². The number of H-pyrrole nitrogens is 1. The zero-order valence-corrected chi connectivity index (χ0v) is 20.5. The molecule has 0 bridgehead atoms. The molecule has 0 aliphatic carbocycles. The summed E-state index contributed by atoms with van der Waals surface area (Å²) in [5, 5.41) is 9.75. The van der Waals surface area contributed by atoms with E-state index in [1.54, 1.807) is 19.2 Å². The number of alkyl carbamates (subject to hydrolysis) is 1. The smallest absolute Gasteiger partial charge is 0.408 e. The molecule has 0 spiro atoms. The normalized spacial score (nSPS) is 12.7. The molecule has 0 saturated heterocycles. The van der Waals surface area contributed by atoms with Crippen LogP contribution in [-0.4, -0.2) is 55.2 Å². The number of aromatic nitrogens is 1. The number of carbonyl (C=O) groups excluding carboxylic acids is 3. The molecule has 0 saturated carbocycles. The quantitative estimate of drug-likeness (QED) is 0.175. The van der Waals surface area contributed by atoms with Crippen molar-refractivity contribution in [3.05, 3.63) is 84.1 Å². The van der Waals surface area contributed by atoms with E-state index in [9.17, 15) is 14.4 Å². The maximum atomic E-state index is 12.8. The molecule has 1 aromatic heterocycles. The van der Waals surface area contributed by atoms with Crippen molar-refractivity contribution in [2.45, 2.75) is 32.0 Å². The number of hydrogen-bond donors (Lipinski definition) is 4. The number of ether oxygens (including phenoxy) is 2. The van der Waals surface area contributed by atoms with Crippen LogP contribution in [0.5, 0.6) is 0 Å². The number of amides is 2. The molecule has 0 radical (unpaired) electrons. The largest absolute Gasteiger partial charge is 0.466 e. The number of methoxy groups -OCH3 is 1. The summed E-state index contributed by atoms with van der Waals surface area (Å²) in [5.41, 5.74) is 2.88. The summed E-state index contributed by atoms with van der Waals surface area (Å²) in [4.78, 5) is 39.4. The van der Waals surface area contributed by atoms with Crippen molar-refractivity contribution in [3.8, 4) is 0 Å². The van der Waals surface area contributed by atoms with Crippen molar-refractivity contribution in [2.24, 2.45) is 0 Å². The molecular formula is C27H32N4O5. The van der Waals surface area contributed by atoms with E-state index in [2.05, 4.69) is 25.7 Å². The number of fused-ring (bicyclic) bond motifs is 1. The van der Waals surface area contributed by atoms with Crippen molar-refractivity contribution in [1.82, 2.24) is 20.9 Å². The lowest BCUT2D eigenvalue weighted by atomic mass is 10.1. The summed E-state index contributed by atoms with van der Waals surface area (Å²) in [6, 6.07) is 16.5. The lowest BCUT2D eigenvalue weighted by molar-refractivity contribution is -0.134. The average Bonchev–Trinajstić information content (AvgIpc) is 3.30. The highest BCUT2D eigenvalue weighted by Crippen LogP contribution is 2.18. The first-order chi connectivity index (χ1) is 17.5. The molecule has 9 heteroatoms. The van der Waals surface area contributed by atoms with Crippen LogP contribution in [0.4, 0.5) is 4.79 Å². The maximum Gasteiger partial charge on any atom is 0.408 e. The first-order valence-corrected chi connectivity index (χ1v) is 11.7. The summed E-state index contributed by atoms with van der Waals surface area (Å²) >= 11 is 0. The van der Waals surface area contributed by atoms with Gasteiger partial charge in [0.15, 0.2) is 0 Å². The van der Waals surface area contributed by atoms with E-state index in [1.807, 2.05) is 54.6 Å². The number of rotatable bonds is 12. The Morgan fingerprint density at radius 1 is 1.03 bits per heavy atom. The number of carbonyl (C=O) groups is 3. The number of aromatic amines is 1. The Morgan fingerprint density at radius 2 is 1.78 bits per heavy atom. The van der Waals surface area contributed by atoms with Crippen LogP contribution in [0.15, 0.2) is 72.9 Å². The van der Waals surface area contributed by atoms with Gasteiger partial charge in [0.2, 0.25) is 5.91 Å². The third kappa shape index (κ3) is 8.28. The fourth-order valence-corrected chi connectivity index (χ4v) is 3.64. The second kappa shape index (κ2) is 13.7. The van der Waals surface area contributed by atoms with Crippen LogP contribution in [0.2, 0.25) is 0 Å². The molecule has 2 amide bonds. The van der Waals surface area contributed by atoms with Gasteiger partial charge in [0.1, 0.15) is 12.6 Å². The average molecular weight is 493 g/mol. The Bertz CT molecular complexity index is 1180. The van der Waals surface area contributed by atoms with Crippen LogP contribution < -0.4 is 16.0 Å². The van der Waals surface area contributed by atoms with Crippen LogP contribution >= 0.6 is 0 Å². The topological polar surface area (TPSA) is 122 Å². The Morgan fingerprint density at radius 3 is 2.56 bits per heavy atom. The fourth-order valence-electron chi connectivity index (χ4n) is 3.64. The maximum absolute atomic E-state index is 12.8. The van der Waals surface area contributed by atoms with Crippen LogP contribution in [0.1, 0.15) is 18.1 Å². The van der Waals surface area contributed by atoms with Crippen LogP contribution in [0.3, 0.4) is 0 Å². The monoisotopic (exact) mass is 492 g/mol. The van der Waals surface area contributed by atoms with Crippen molar-refractivity contribution in [3.63, 3.8) is 0 Å². The van der Waals surface area contributed by atoms with Gasteiger partial charge in [-0.25, -0.2) is 9.59 Å². The highest BCUT2D eigenvalue weighted by Gasteiger charge is 2.20. The lowest BCUT2D eigenvalue weighted by Crippen LogP contribution is -2.51. The molecule has 3 aromatic rings. The summed E-state index contributed by atoms with van der Waals surface area (Å²) in [7, 11) is 1.32. The predicted octanol–water partition coefficient (Wildman–Crippen LogP) is 2.83. The first kappa shape index (κ1) is 26.5. The van der Waals surface area contributed by atoms with Gasteiger partial charge in [-0.3, -0.25) is 4.79 Å². The highest BCUT2D eigenvalue weighted by atomic mass is 16.5. The Hall–Kier alpha value is -4.11. The molecule has 9 nitrogen and oxygen atoms in total. The third-order valence-electron chi connectivity index (χ3n) is 5.54. The minimum atomic E-state index is -0.794. The van der Waals surface area contributed by atoms with Gasteiger partial charge in [-0.15, -0.1) is 0 Å².